The SMILES string of the molecule is O=C(O)c1c(Cl)cc(CO)c(F)c1Cl. The van der Waals surface area contributed by atoms with Gasteiger partial charge in [0.1, 0.15) is 5.82 Å². The Morgan fingerprint density at radius 1 is 1.50 bits per heavy atom. The summed E-state index contributed by atoms with van der Waals surface area (Å²) in [6, 6.07) is 1.03. The molecule has 0 saturated carbocycles. The average Bonchev–Trinajstić information content (AvgIpc) is 2.10. The minimum atomic E-state index is -1.41. The third-order valence-electron chi connectivity index (χ3n) is 1.62. The summed E-state index contributed by atoms with van der Waals surface area (Å²) in [4.78, 5) is 10.6. The van der Waals surface area contributed by atoms with Crippen molar-refractivity contribution in [2.75, 3.05) is 0 Å². The summed E-state index contributed by atoms with van der Waals surface area (Å²) in [5, 5.41) is 16.5. The van der Waals surface area contributed by atoms with Crippen LogP contribution in [0.1, 0.15) is 15.9 Å². The number of rotatable bonds is 2. The topological polar surface area (TPSA) is 57.5 Å². The fourth-order valence-corrected chi connectivity index (χ4v) is 1.61. The van der Waals surface area contributed by atoms with Gasteiger partial charge in [-0.25, -0.2) is 9.18 Å². The highest BCUT2D eigenvalue weighted by atomic mass is 35.5. The fourth-order valence-electron chi connectivity index (χ4n) is 0.955. The molecule has 0 unspecified atom stereocenters. The normalized spacial score (nSPS) is 10.3. The minimum Gasteiger partial charge on any atom is -0.478 e. The maximum absolute atomic E-state index is 13.2. The minimum absolute atomic E-state index is 0.134. The van der Waals surface area contributed by atoms with Crippen molar-refractivity contribution in [1.29, 1.82) is 0 Å². The number of carboxylic acid groups (broad SMARTS) is 1. The maximum Gasteiger partial charge on any atom is 0.338 e. The van der Waals surface area contributed by atoms with Crippen molar-refractivity contribution in [3.63, 3.8) is 0 Å². The second-order valence-electron chi connectivity index (χ2n) is 2.48. The van der Waals surface area contributed by atoms with Crippen molar-refractivity contribution in [1.82, 2.24) is 0 Å². The highest BCUT2D eigenvalue weighted by Gasteiger charge is 2.20. The smallest absolute Gasteiger partial charge is 0.338 e. The Morgan fingerprint density at radius 3 is 2.50 bits per heavy atom. The number of hydrogen-bond donors (Lipinski definition) is 2. The van der Waals surface area contributed by atoms with Crippen LogP contribution in [0.2, 0.25) is 10.0 Å². The molecule has 14 heavy (non-hydrogen) atoms. The third-order valence-corrected chi connectivity index (χ3v) is 2.27. The third kappa shape index (κ3) is 1.82. The van der Waals surface area contributed by atoms with Crippen molar-refractivity contribution in [3.05, 3.63) is 33.1 Å². The Balaban J connectivity index is 3.49. The second kappa shape index (κ2) is 4.13. The Labute approximate surface area is 88.7 Å². The highest BCUT2D eigenvalue weighted by Crippen LogP contribution is 2.30. The zero-order chi connectivity index (χ0) is 10.9. The number of hydrogen-bond acceptors (Lipinski definition) is 2. The standard InChI is InChI=1S/C8H5Cl2FO3/c9-4-1-3(2-12)7(11)6(10)5(4)8(13)14/h1,12H,2H2,(H,13,14). The number of halogens is 3. The molecule has 0 aliphatic rings. The van der Waals surface area contributed by atoms with Crippen LogP contribution in [-0.4, -0.2) is 16.2 Å². The first-order valence-corrected chi connectivity index (χ1v) is 4.25. The van der Waals surface area contributed by atoms with Gasteiger partial charge in [0.25, 0.3) is 0 Å². The number of carboxylic acids is 1. The first kappa shape index (κ1) is 11.2. The molecule has 0 amide bonds. The molecule has 0 saturated heterocycles. The molecule has 2 N–H and O–H groups in total. The number of benzene rings is 1. The molecular formula is C8H5Cl2FO3. The first-order chi connectivity index (χ1) is 6.49. The van der Waals surface area contributed by atoms with Gasteiger partial charge in [0.2, 0.25) is 0 Å². The van der Waals surface area contributed by atoms with E-state index >= 15 is 0 Å². The van der Waals surface area contributed by atoms with E-state index in [1.54, 1.807) is 0 Å². The molecule has 76 valence electrons. The van der Waals surface area contributed by atoms with E-state index in [1.165, 1.54) is 0 Å². The molecular weight excluding hydrogens is 234 g/mol. The van der Waals surface area contributed by atoms with Crippen LogP contribution < -0.4 is 0 Å². The van der Waals surface area contributed by atoms with Gasteiger partial charge in [0.15, 0.2) is 0 Å². The molecule has 0 spiro atoms. The summed E-state index contributed by atoms with van der Waals surface area (Å²) >= 11 is 11.0. The zero-order valence-corrected chi connectivity index (χ0v) is 8.23. The van der Waals surface area contributed by atoms with E-state index in [1.807, 2.05) is 0 Å². The zero-order valence-electron chi connectivity index (χ0n) is 6.72. The molecule has 0 fully saturated rings. The number of aliphatic hydroxyl groups is 1. The average molecular weight is 239 g/mol. The fraction of sp³-hybridized carbons (Fsp3) is 0.125. The lowest BCUT2D eigenvalue weighted by atomic mass is 10.1. The van der Waals surface area contributed by atoms with Crippen LogP contribution in [0.3, 0.4) is 0 Å². The van der Waals surface area contributed by atoms with E-state index in [0.29, 0.717) is 0 Å². The highest BCUT2D eigenvalue weighted by molar-refractivity contribution is 6.39. The molecule has 0 bridgehead atoms. The molecule has 0 heterocycles. The molecule has 1 rings (SSSR count). The van der Waals surface area contributed by atoms with Crippen LogP contribution in [0.25, 0.3) is 0 Å². The van der Waals surface area contributed by atoms with Gasteiger partial charge < -0.3 is 10.2 Å². The molecule has 0 radical (unpaired) electrons. The molecule has 0 atom stereocenters. The van der Waals surface area contributed by atoms with E-state index in [2.05, 4.69) is 0 Å². The number of aliphatic hydroxyl groups excluding tert-OH is 1. The Bertz CT molecular complexity index is 393. The van der Waals surface area contributed by atoms with Crippen LogP contribution >= 0.6 is 23.2 Å². The van der Waals surface area contributed by atoms with Gasteiger partial charge in [-0.15, -0.1) is 0 Å². The lowest BCUT2D eigenvalue weighted by Crippen LogP contribution is -2.03. The second-order valence-corrected chi connectivity index (χ2v) is 3.27. The van der Waals surface area contributed by atoms with Crippen LogP contribution in [0.15, 0.2) is 6.07 Å². The van der Waals surface area contributed by atoms with Crippen molar-refractivity contribution in [2.24, 2.45) is 0 Å². The lowest BCUT2D eigenvalue weighted by molar-refractivity contribution is 0.0696. The van der Waals surface area contributed by atoms with E-state index < -0.39 is 29.0 Å². The summed E-state index contributed by atoms with van der Waals surface area (Å²) in [6.45, 7) is -0.592. The molecule has 6 heteroatoms. The predicted molar refractivity (Wildman–Crippen MR) is 49.3 cm³/mol. The Morgan fingerprint density at radius 2 is 2.07 bits per heavy atom. The lowest BCUT2D eigenvalue weighted by Gasteiger charge is -2.06. The Kier molecular flexibility index (Phi) is 3.31. The van der Waals surface area contributed by atoms with Crippen molar-refractivity contribution in [2.45, 2.75) is 6.61 Å². The predicted octanol–water partition coefficient (Wildman–Crippen LogP) is 2.32. The van der Waals surface area contributed by atoms with Crippen LogP contribution in [0.4, 0.5) is 4.39 Å². The van der Waals surface area contributed by atoms with Gasteiger partial charge in [0.05, 0.1) is 22.2 Å². The molecule has 0 aliphatic carbocycles. The van der Waals surface area contributed by atoms with Crippen LogP contribution in [0, 0.1) is 5.82 Å². The summed E-state index contributed by atoms with van der Waals surface area (Å²) in [5.74, 6) is -2.38. The summed E-state index contributed by atoms with van der Waals surface area (Å²) in [6.07, 6.45) is 0. The molecule has 1 aromatic carbocycles. The van der Waals surface area contributed by atoms with E-state index in [-0.39, 0.29) is 10.6 Å². The van der Waals surface area contributed by atoms with Gasteiger partial charge >= 0.3 is 5.97 Å². The van der Waals surface area contributed by atoms with Gasteiger partial charge in [0, 0.05) is 5.56 Å². The van der Waals surface area contributed by atoms with E-state index in [9.17, 15) is 9.18 Å². The first-order valence-electron chi connectivity index (χ1n) is 3.49. The van der Waals surface area contributed by atoms with Gasteiger partial charge in [-0.3, -0.25) is 0 Å². The molecule has 0 aliphatic heterocycles. The van der Waals surface area contributed by atoms with Crippen molar-refractivity contribution >= 4 is 29.2 Å². The molecule has 1 aromatic rings. The van der Waals surface area contributed by atoms with E-state index in [0.717, 1.165) is 6.07 Å². The van der Waals surface area contributed by atoms with Gasteiger partial charge in [-0.1, -0.05) is 23.2 Å². The largest absolute Gasteiger partial charge is 0.478 e. The monoisotopic (exact) mass is 238 g/mol. The van der Waals surface area contributed by atoms with Crippen LogP contribution in [0.5, 0.6) is 0 Å². The summed E-state index contributed by atoms with van der Waals surface area (Å²) < 4.78 is 13.2. The summed E-state index contributed by atoms with van der Waals surface area (Å²) in [7, 11) is 0. The number of aromatic carboxylic acids is 1. The van der Waals surface area contributed by atoms with Gasteiger partial charge in [-0.2, -0.15) is 0 Å². The number of carbonyl (C=O) groups is 1. The maximum atomic E-state index is 13.2. The Hall–Kier alpha value is -0.840. The van der Waals surface area contributed by atoms with Gasteiger partial charge in [-0.05, 0) is 6.07 Å². The quantitative estimate of drug-likeness (QED) is 0.778. The van der Waals surface area contributed by atoms with Crippen molar-refractivity contribution in [3.8, 4) is 0 Å². The molecule has 3 nitrogen and oxygen atoms in total. The van der Waals surface area contributed by atoms with Crippen LogP contribution in [-0.2, 0) is 6.61 Å². The van der Waals surface area contributed by atoms with Crippen molar-refractivity contribution < 1.29 is 19.4 Å². The summed E-state index contributed by atoms with van der Waals surface area (Å²) in [5.41, 5.74) is -0.631. The van der Waals surface area contributed by atoms with E-state index in [4.69, 9.17) is 33.4 Å². The molecule has 0 aromatic heterocycles.